The van der Waals surface area contributed by atoms with Gasteiger partial charge in [0.25, 0.3) is 5.91 Å². The van der Waals surface area contributed by atoms with Crippen molar-refractivity contribution in [2.75, 3.05) is 5.32 Å². The second-order valence-corrected chi connectivity index (χ2v) is 7.01. The normalized spacial score (nSPS) is 14.7. The number of hydrogen-bond acceptors (Lipinski definition) is 3. The summed E-state index contributed by atoms with van der Waals surface area (Å²) in [5, 5.41) is 2.99. The first-order chi connectivity index (χ1) is 13.3. The summed E-state index contributed by atoms with van der Waals surface area (Å²) in [6.07, 6.45) is 7.63. The van der Waals surface area contributed by atoms with Gasteiger partial charge in [0, 0.05) is 17.0 Å². The molecule has 0 saturated heterocycles. The number of nitrogens with one attached hydrogen (secondary N) is 1. The van der Waals surface area contributed by atoms with Crippen LogP contribution in [0.1, 0.15) is 54.1 Å². The maximum atomic E-state index is 12.6. The van der Waals surface area contributed by atoms with Crippen molar-refractivity contribution in [3.8, 4) is 11.3 Å². The lowest BCUT2D eigenvalue weighted by molar-refractivity contribution is 0.102. The average molecular weight is 357 g/mol. The van der Waals surface area contributed by atoms with Gasteiger partial charge in [-0.25, -0.2) is 9.97 Å². The van der Waals surface area contributed by atoms with Crippen molar-refractivity contribution >= 4 is 11.7 Å². The van der Waals surface area contributed by atoms with Crippen molar-refractivity contribution in [2.45, 2.75) is 38.0 Å². The van der Waals surface area contributed by atoms with Crippen molar-refractivity contribution in [1.82, 2.24) is 9.97 Å². The first-order valence-electron chi connectivity index (χ1n) is 9.60. The second kappa shape index (κ2) is 8.12. The molecule has 1 aliphatic carbocycles. The third-order valence-electron chi connectivity index (χ3n) is 5.13. The Balaban J connectivity index is 1.68. The lowest BCUT2D eigenvalue weighted by Gasteiger charge is -2.23. The van der Waals surface area contributed by atoms with Crippen LogP contribution in [0.15, 0.2) is 66.9 Å². The monoisotopic (exact) mass is 357 g/mol. The van der Waals surface area contributed by atoms with E-state index in [1.807, 2.05) is 48.5 Å². The number of carbonyl (C=O) groups excluding carboxylic acids is 1. The number of rotatable bonds is 4. The van der Waals surface area contributed by atoms with E-state index in [1.165, 1.54) is 19.3 Å². The van der Waals surface area contributed by atoms with Crippen LogP contribution in [0.5, 0.6) is 0 Å². The third-order valence-corrected chi connectivity index (χ3v) is 5.13. The zero-order valence-corrected chi connectivity index (χ0v) is 15.3. The van der Waals surface area contributed by atoms with Gasteiger partial charge >= 0.3 is 0 Å². The van der Waals surface area contributed by atoms with Gasteiger partial charge in [0.15, 0.2) is 5.82 Å². The summed E-state index contributed by atoms with van der Waals surface area (Å²) in [5.74, 6) is 0.797. The number of anilines is 1. The molecular formula is C23H23N3O. The van der Waals surface area contributed by atoms with Crippen LogP contribution in [-0.4, -0.2) is 15.9 Å². The summed E-state index contributed by atoms with van der Waals surface area (Å²) in [7, 11) is 0. The van der Waals surface area contributed by atoms with Crippen LogP contribution >= 0.6 is 0 Å². The molecule has 1 aliphatic rings. The van der Waals surface area contributed by atoms with E-state index in [2.05, 4.69) is 10.3 Å². The number of aromatic nitrogens is 2. The van der Waals surface area contributed by atoms with Crippen molar-refractivity contribution in [3.63, 3.8) is 0 Å². The Kier molecular flexibility index (Phi) is 5.24. The molecule has 1 heterocycles. The highest BCUT2D eigenvalue weighted by Gasteiger charge is 2.23. The Morgan fingerprint density at radius 1 is 0.889 bits per heavy atom. The minimum Gasteiger partial charge on any atom is -0.305 e. The van der Waals surface area contributed by atoms with Crippen LogP contribution < -0.4 is 5.32 Å². The van der Waals surface area contributed by atoms with E-state index in [9.17, 15) is 4.79 Å². The molecule has 0 unspecified atom stereocenters. The van der Waals surface area contributed by atoms with Crippen molar-refractivity contribution in [3.05, 3.63) is 78.1 Å². The zero-order valence-electron chi connectivity index (χ0n) is 15.3. The maximum absolute atomic E-state index is 12.6. The smallest absolute Gasteiger partial charge is 0.256 e. The largest absolute Gasteiger partial charge is 0.305 e. The predicted molar refractivity (Wildman–Crippen MR) is 108 cm³/mol. The second-order valence-electron chi connectivity index (χ2n) is 7.01. The highest BCUT2D eigenvalue weighted by Crippen LogP contribution is 2.35. The summed E-state index contributed by atoms with van der Waals surface area (Å²) in [5.41, 5.74) is 3.44. The standard InChI is InChI=1S/C23H23N3O/c27-23(19-14-8-3-9-15-19)26-22-21(18-12-6-2-7-13-18)25-20(16-24-22)17-10-4-1-5-11-17/h1,3-5,8-11,14-16,18H,2,6-7,12-13H2,(H,24,26,27). The minimum atomic E-state index is -0.144. The molecular weight excluding hydrogens is 334 g/mol. The van der Waals surface area contributed by atoms with E-state index in [0.29, 0.717) is 17.3 Å². The van der Waals surface area contributed by atoms with Crippen LogP contribution in [-0.2, 0) is 0 Å². The fraction of sp³-hybridized carbons (Fsp3) is 0.261. The first kappa shape index (κ1) is 17.4. The van der Waals surface area contributed by atoms with E-state index in [4.69, 9.17) is 4.98 Å². The molecule has 2 aromatic carbocycles. The van der Waals surface area contributed by atoms with Crippen LogP contribution in [0.4, 0.5) is 5.82 Å². The SMILES string of the molecule is O=C(Nc1ncc(-c2ccccc2)nc1C1CCCCC1)c1ccccc1. The van der Waals surface area contributed by atoms with Gasteiger partial charge in [0.1, 0.15) is 0 Å². The van der Waals surface area contributed by atoms with Crippen molar-refractivity contribution in [2.24, 2.45) is 0 Å². The van der Waals surface area contributed by atoms with Gasteiger partial charge in [-0.1, -0.05) is 67.8 Å². The highest BCUT2D eigenvalue weighted by atomic mass is 16.1. The number of hydrogen-bond donors (Lipinski definition) is 1. The summed E-state index contributed by atoms with van der Waals surface area (Å²) < 4.78 is 0. The molecule has 0 spiro atoms. The Labute approximate surface area is 159 Å². The minimum absolute atomic E-state index is 0.144. The van der Waals surface area contributed by atoms with Crippen LogP contribution in [0.25, 0.3) is 11.3 Å². The van der Waals surface area contributed by atoms with Crippen molar-refractivity contribution < 1.29 is 4.79 Å². The molecule has 1 aromatic heterocycles. The average Bonchev–Trinajstić information content (AvgIpc) is 2.76. The van der Waals surface area contributed by atoms with E-state index < -0.39 is 0 Å². The molecule has 0 radical (unpaired) electrons. The van der Waals surface area contributed by atoms with Gasteiger partial charge in [-0.2, -0.15) is 0 Å². The van der Waals surface area contributed by atoms with Gasteiger partial charge in [0.05, 0.1) is 17.6 Å². The van der Waals surface area contributed by atoms with Crippen LogP contribution in [0.3, 0.4) is 0 Å². The fourth-order valence-electron chi connectivity index (χ4n) is 3.68. The Morgan fingerprint density at radius 2 is 1.56 bits per heavy atom. The number of benzene rings is 2. The highest BCUT2D eigenvalue weighted by molar-refractivity contribution is 6.04. The summed E-state index contributed by atoms with van der Waals surface area (Å²) in [4.78, 5) is 22.2. The Bertz CT molecular complexity index is 903. The van der Waals surface area contributed by atoms with E-state index in [1.54, 1.807) is 18.3 Å². The first-order valence-corrected chi connectivity index (χ1v) is 9.60. The molecule has 4 rings (SSSR count). The van der Waals surface area contributed by atoms with Gasteiger partial charge in [-0.15, -0.1) is 0 Å². The third kappa shape index (κ3) is 4.05. The molecule has 0 aliphatic heterocycles. The summed E-state index contributed by atoms with van der Waals surface area (Å²) >= 11 is 0. The molecule has 27 heavy (non-hydrogen) atoms. The van der Waals surface area contributed by atoms with Gasteiger partial charge in [0.2, 0.25) is 0 Å². The molecule has 0 atom stereocenters. The molecule has 3 aromatic rings. The van der Waals surface area contributed by atoms with Gasteiger partial charge < -0.3 is 5.32 Å². The summed E-state index contributed by atoms with van der Waals surface area (Å²) in [6, 6.07) is 19.3. The molecule has 1 N–H and O–H groups in total. The van der Waals surface area contributed by atoms with Crippen LogP contribution in [0, 0.1) is 0 Å². The van der Waals surface area contributed by atoms with E-state index in [-0.39, 0.29) is 5.91 Å². The Morgan fingerprint density at radius 3 is 2.26 bits per heavy atom. The summed E-state index contributed by atoms with van der Waals surface area (Å²) in [6.45, 7) is 0. The lowest BCUT2D eigenvalue weighted by atomic mass is 9.86. The predicted octanol–water partition coefficient (Wildman–Crippen LogP) is 5.44. The molecule has 136 valence electrons. The number of amides is 1. The Hall–Kier alpha value is -3.01. The molecule has 4 heteroatoms. The molecule has 0 bridgehead atoms. The molecule has 1 amide bonds. The molecule has 1 fully saturated rings. The van der Waals surface area contributed by atoms with Gasteiger partial charge in [-0.05, 0) is 25.0 Å². The fourth-order valence-corrected chi connectivity index (χ4v) is 3.68. The lowest BCUT2D eigenvalue weighted by Crippen LogP contribution is -2.18. The number of nitrogens with zero attached hydrogens (tertiary/aromatic N) is 2. The van der Waals surface area contributed by atoms with Crippen LogP contribution in [0.2, 0.25) is 0 Å². The molecule has 1 saturated carbocycles. The topological polar surface area (TPSA) is 54.9 Å². The maximum Gasteiger partial charge on any atom is 0.256 e. The van der Waals surface area contributed by atoms with E-state index >= 15 is 0 Å². The molecule has 4 nitrogen and oxygen atoms in total. The zero-order chi connectivity index (χ0) is 18.5. The van der Waals surface area contributed by atoms with Gasteiger partial charge in [-0.3, -0.25) is 4.79 Å². The quantitative estimate of drug-likeness (QED) is 0.676. The van der Waals surface area contributed by atoms with Crippen molar-refractivity contribution in [1.29, 1.82) is 0 Å². The van der Waals surface area contributed by atoms with E-state index in [0.717, 1.165) is 29.8 Å². The number of carbonyl (C=O) groups is 1.